The van der Waals surface area contributed by atoms with Crippen molar-refractivity contribution >= 4 is 0 Å². The molecule has 1 fully saturated rings. The molecule has 0 heterocycles. The Morgan fingerprint density at radius 1 is 1.28 bits per heavy atom. The summed E-state index contributed by atoms with van der Waals surface area (Å²) in [5.41, 5.74) is -0.0912. The molecule has 0 radical (unpaired) electrons. The van der Waals surface area contributed by atoms with E-state index in [-0.39, 0.29) is 12.1 Å². The lowest BCUT2D eigenvalue weighted by molar-refractivity contribution is 0.0878. The van der Waals surface area contributed by atoms with Crippen LogP contribution in [0.5, 0.6) is 0 Å². The second-order valence-corrected chi connectivity index (χ2v) is 5.62. The predicted molar refractivity (Wildman–Crippen MR) is 75.8 cm³/mol. The van der Waals surface area contributed by atoms with E-state index in [2.05, 4.69) is 19.2 Å². The van der Waals surface area contributed by atoms with Crippen molar-refractivity contribution in [3.8, 4) is 0 Å². The first-order valence-corrected chi connectivity index (χ1v) is 7.70. The first-order valence-electron chi connectivity index (χ1n) is 7.70. The van der Waals surface area contributed by atoms with Crippen molar-refractivity contribution in [2.75, 3.05) is 26.4 Å². The molecule has 2 N–H and O–H groups in total. The number of aliphatic hydroxyl groups excluding tert-OH is 1. The molecule has 1 saturated carbocycles. The summed E-state index contributed by atoms with van der Waals surface area (Å²) in [4.78, 5) is 0. The molecular weight excluding hydrogens is 226 g/mol. The van der Waals surface area contributed by atoms with Gasteiger partial charge in [-0.2, -0.15) is 0 Å². The highest BCUT2D eigenvalue weighted by molar-refractivity contribution is 4.85. The van der Waals surface area contributed by atoms with Gasteiger partial charge in [0.25, 0.3) is 0 Å². The molecule has 0 spiro atoms. The van der Waals surface area contributed by atoms with E-state index >= 15 is 0 Å². The van der Waals surface area contributed by atoms with Gasteiger partial charge in [0.05, 0.1) is 6.61 Å². The Morgan fingerprint density at radius 3 is 2.56 bits per heavy atom. The van der Waals surface area contributed by atoms with Gasteiger partial charge in [-0.3, -0.25) is 0 Å². The maximum Gasteiger partial charge on any atom is 0.0613 e. The molecule has 1 unspecified atom stereocenters. The van der Waals surface area contributed by atoms with E-state index in [0.29, 0.717) is 0 Å². The van der Waals surface area contributed by atoms with Crippen molar-refractivity contribution in [2.24, 2.45) is 5.92 Å². The quantitative estimate of drug-likeness (QED) is 0.559. The summed E-state index contributed by atoms with van der Waals surface area (Å²) in [6, 6.07) is 0. The summed E-state index contributed by atoms with van der Waals surface area (Å²) in [7, 11) is 0. The fraction of sp³-hybridized carbons (Fsp3) is 1.00. The van der Waals surface area contributed by atoms with Crippen molar-refractivity contribution in [1.29, 1.82) is 0 Å². The number of aliphatic hydroxyl groups is 1. The molecule has 1 aliphatic rings. The van der Waals surface area contributed by atoms with Crippen LogP contribution in [0, 0.1) is 5.92 Å². The van der Waals surface area contributed by atoms with Gasteiger partial charge in [-0.05, 0) is 38.1 Å². The highest BCUT2D eigenvalue weighted by Gasteiger charge is 2.25. The Morgan fingerprint density at radius 2 is 2.06 bits per heavy atom. The Bertz CT molecular complexity index is 201. The van der Waals surface area contributed by atoms with E-state index in [1.807, 2.05) is 0 Å². The molecule has 0 amide bonds. The molecular formula is C15H31NO2. The van der Waals surface area contributed by atoms with Crippen LogP contribution in [0.3, 0.4) is 0 Å². The van der Waals surface area contributed by atoms with Crippen molar-refractivity contribution in [3.63, 3.8) is 0 Å². The average molecular weight is 257 g/mol. The molecule has 1 atom stereocenters. The molecule has 0 bridgehead atoms. The van der Waals surface area contributed by atoms with Gasteiger partial charge in [0, 0.05) is 18.8 Å². The molecule has 3 heteroatoms. The van der Waals surface area contributed by atoms with E-state index in [9.17, 15) is 5.11 Å². The molecule has 0 aromatic carbocycles. The summed E-state index contributed by atoms with van der Waals surface area (Å²) in [6.45, 7) is 7.12. The SMILES string of the molecule is CCNC(CC)(CO)CCCOCCC1CCC1. The Labute approximate surface area is 112 Å². The van der Waals surface area contributed by atoms with Gasteiger partial charge >= 0.3 is 0 Å². The third-order valence-electron chi connectivity index (χ3n) is 4.37. The lowest BCUT2D eigenvalue weighted by atomic mass is 9.83. The maximum atomic E-state index is 9.52. The molecule has 0 aromatic rings. The van der Waals surface area contributed by atoms with Crippen LogP contribution >= 0.6 is 0 Å². The lowest BCUT2D eigenvalue weighted by Crippen LogP contribution is -2.48. The topological polar surface area (TPSA) is 41.5 Å². The van der Waals surface area contributed by atoms with E-state index in [1.165, 1.54) is 25.7 Å². The van der Waals surface area contributed by atoms with E-state index in [1.54, 1.807) is 0 Å². The zero-order chi connectivity index (χ0) is 13.3. The highest BCUT2D eigenvalue weighted by atomic mass is 16.5. The number of rotatable bonds is 11. The van der Waals surface area contributed by atoms with Gasteiger partial charge in [0.2, 0.25) is 0 Å². The second-order valence-electron chi connectivity index (χ2n) is 5.62. The number of nitrogens with one attached hydrogen (secondary N) is 1. The minimum Gasteiger partial charge on any atom is -0.394 e. The van der Waals surface area contributed by atoms with Crippen molar-refractivity contribution in [2.45, 2.75) is 64.3 Å². The van der Waals surface area contributed by atoms with Gasteiger partial charge in [-0.15, -0.1) is 0 Å². The van der Waals surface area contributed by atoms with Gasteiger partial charge < -0.3 is 15.2 Å². The van der Waals surface area contributed by atoms with Gasteiger partial charge in [0.15, 0.2) is 0 Å². The number of likely N-dealkylation sites (N-methyl/N-ethyl adjacent to an activating group) is 1. The highest BCUT2D eigenvalue weighted by Crippen LogP contribution is 2.29. The van der Waals surface area contributed by atoms with Gasteiger partial charge in [-0.1, -0.05) is 33.1 Å². The summed E-state index contributed by atoms with van der Waals surface area (Å²) in [5.74, 6) is 0.943. The first-order chi connectivity index (χ1) is 8.76. The molecule has 108 valence electrons. The van der Waals surface area contributed by atoms with Crippen LogP contribution in [-0.4, -0.2) is 37.0 Å². The summed E-state index contributed by atoms with van der Waals surface area (Å²) >= 11 is 0. The van der Waals surface area contributed by atoms with Crippen LogP contribution in [-0.2, 0) is 4.74 Å². The monoisotopic (exact) mass is 257 g/mol. The summed E-state index contributed by atoms with van der Waals surface area (Å²) in [6.07, 6.45) is 8.48. The van der Waals surface area contributed by atoms with Gasteiger partial charge in [-0.25, -0.2) is 0 Å². The standard InChI is InChI=1S/C15H31NO2/c1-3-15(13-17,16-4-2)10-6-11-18-12-9-14-7-5-8-14/h14,16-17H,3-13H2,1-2H3. The minimum atomic E-state index is -0.0912. The molecule has 0 saturated heterocycles. The van der Waals surface area contributed by atoms with Crippen molar-refractivity contribution in [1.82, 2.24) is 5.32 Å². The van der Waals surface area contributed by atoms with Crippen molar-refractivity contribution in [3.05, 3.63) is 0 Å². The Kier molecular flexibility index (Phi) is 7.87. The third kappa shape index (κ3) is 5.25. The van der Waals surface area contributed by atoms with Crippen LogP contribution in [0.25, 0.3) is 0 Å². The number of ether oxygens (including phenoxy) is 1. The zero-order valence-electron chi connectivity index (χ0n) is 12.2. The molecule has 18 heavy (non-hydrogen) atoms. The fourth-order valence-corrected chi connectivity index (χ4v) is 2.66. The number of hydrogen-bond donors (Lipinski definition) is 2. The second kappa shape index (κ2) is 8.89. The Hall–Kier alpha value is -0.120. The van der Waals surface area contributed by atoms with Crippen LogP contribution in [0.4, 0.5) is 0 Å². The molecule has 0 aliphatic heterocycles. The molecule has 3 nitrogen and oxygen atoms in total. The largest absolute Gasteiger partial charge is 0.394 e. The van der Waals surface area contributed by atoms with Crippen LogP contribution in [0.15, 0.2) is 0 Å². The van der Waals surface area contributed by atoms with Gasteiger partial charge in [0.1, 0.15) is 0 Å². The van der Waals surface area contributed by atoms with Crippen molar-refractivity contribution < 1.29 is 9.84 Å². The molecule has 0 aromatic heterocycles. The number of hydrogen-bond acceptors (Lipinski definition) is 3. The summed E-state index contributed by atoms with van der Waals surface area (Å²) in [5, 5.41) is 12.9. The fourth-order valence-electron chi connectivity index (χ4n) is 2.66. The molecule has 1 rings (SSSR count). The minimum absolute atomic E-state index is 0.0912. The van der Waals surface area contributed by atoms with Crippen LogP contribution in [0.2, 0.25) is 0 Å². The van der Waals surface area contributed by atoms with E-state index in [0.717, 1.165) is 44.9 Å². The van der Waals surface area contributed by atoms with E-state index in [4.69, 9.17) is 4.74 Å². The molecule has 1 aliphatic carbocycles. The first kappa shape index (κ1) is 15.9. The summed E-state index contributed by atoms with van der Waals surface area (Å²) < 4.78 is 5.69. The van der Waals surface area contributed by atoms with E-state index < -0.39 is 0 Å². The third-order valence-corrected chi connectivity index (χ3v) is 4.37. The predicted octanol–water partition coefficient (Wildman–Crippen LogP) is 2.72. The maximum absolute atomic E-state index is 9.52. The zero-order valence-corrected chi connectivity index (χ0v) is 12.2. The lowest BCUT2D eigenvalue weighted by Gasteiger charge is -2.32. The van der Waals surface area contributed by atoms with Crippen LogP contribution < -0.4 is 5.32 Å². The smallest absolute Gasteiger partial charge is 0.0613 e. The van der Waals surface area contributed by atoms with Crippen LogP contribution in [0.1, 0.15) is 58.8 Å². The average Bonchev–Trinajstić information content (AvgIpc) is 2.34. The normalized spacial score (nSPS) is 19.5. The Balaban J connectivity index is 2.02.